The maximum atomic E-state index is 10.7. The molecule has 0 bridgehead atoms. The van der Waals surface area contributed by atoms with Crippen LogP contribution in [0.1, 0.15) is 119 Å². The first-order valence-corrected chi connectivity index (χ1v) is 13.3. The molecule has 0 spiro atoms. The zero-order chi connectivity index (χ0) is 21.0. The van der Waals surface area contributed by atoms with Gasteiger partial charge in [-0.1, -0.05) is 53.9 Å². The summed E-state index contributed by atoms with van der Waals surface area (Å²) >= 11 is 0. The van der Waals surface area contributed by atoms with E-state index < -0.39 is 5.60 Å². The molecule has 4 fully saturated rings. The fraction of sp³-hybridized carbons (Fsp3) is 1.00. The molecule has 9 atom stereocenters. The van der Waals surface area contributed by atoms with Crippen LogP contribution in [0.2, 0.25) is 0 Å². The molecule has 0 unspecified atom stereocenters. The molecule has 1 N–H and O–H groups in total. The van der Waals surface area contributed by atoms with Crippen molar-refractivity contribution in [3.63, 3.8) is 0 Å². The average molecular weight is 403 g/mol. The Labute approximate surface area is 181 Å². The lowest BCUT2D eigenvalue weighted by atomic mass is 9.43. The summed E-state index contributed by atoms with van der Waals surface area (Å²) in [6.45, 7) is 14.8. The minimum atomic E-state index is -0.399. The zero-order valence-electron chi connectivity index (χ0n) is 20.5. The highest BCUT2D eigenvalue weighted by molar-refractivity contribution is 5.10. The second-order valence-electron chi connectivity index (χ2n) is 13.4. The van der Waals surface area contributed by atoms with Gasteiger partial charge in [-0.3, -0.25) is 0 Å². The van der Waals surface area contributed by atoms with Crippen LogP contribution in [-0.4, -0.2) is 10.7 Å². The Bertz CT molecular complexity index is 579. The van der Waals surface area contributed by atoms with E-state index in [2.05, 4.69) is 41.5 Å². The number of hydrogen-bond acceptors (Lipinski definition) is 1. The fourth-order valence-electron chi connectivity index (χ4n) is 9.46. The second-order valence-corrected chi connectivity index (χ2v) is 13.4. The van der Waals surface area contributed by atoms with Crippen molar-refractivity contribution in [2.75, 3.05) is 0 Å². The Morgan fingerprint density at radius 2 is 1.52 bits per heavy atom. The van der Waals surface area contributed by atoms with Crippen LogP contribution >= 0.6 is 0 Å². The van der Waals surface area contributed by atoms with Crippen LogP contribution in [0.5, 0.6) is 0 Å². The molecular weight excluding hydrogens is 352 g/mol. The third-order valence-electron chi connectivity index (χ3n) is 11.2. The summed E-state index contributed by atoms with van der Waals surface area (Å²) in [5.74, 6) is 6.41. The topological polar surface area (TPSA) is 20.2 Å². The highest BCUT2D eigenvalue weighted by Gasteiger charge is 2.61. The molecule has 4 aliphatic carbocycles. The number of aliphatic hydroxyl groups is 1. The Morgan fingerprint density at radius 3 is 2.24 bits per heavy atom. The van der Waals surface area contributed by atoms with Crippen molar-refractivity contribution >= 4 is 0 Å². The summed E-state index contributed by atoms with van der Waals surface area (Å²) in [5, 5.41) is 10.7. The van der Waals surface area contributed by atoms with E-state index in [9.17, 15) is 5.11 Å². The maximum Gasteiger partial charge on any atom is 0.0622 e. The minimum absolute atomic E-state index is 0.399. The fourth-order valence-corrected chi connectivity index (χ4v) is 9.46. The first-order chi connectivity index (χ1) is 13.6. The summed E-state index contributed by atoms with van der Waals surface area (Å²) in [6.07, 6.45) is 16.5. The van der Waals surface area contributed by atoms with Crippen molar-refractivity contribution in [1.82, 2.24) is 0 Å². The molecule has 1 nitrogen and oxygen atoms in total. The van der Waals surface area contributed by atoms with Gasteiger partial charge >= 0.3 is 0 Å². The largest absolute Gasteiger partial charge is 0.390 e. The van der Waals surface area contributed by atoms with E-state index in [0.717, 1.165) is 54.3 Å². The standard InChI is InChI=1S/C28H50O/c1-19(2)8-7-9-20(3)23-12-13-24-22-11-10-21-18-26(4,29)16-17-27(21,5)25(22)14-15-28(23,24)6/h19-25,29H,7-18H2,1-6H3/t20-,21-,22+,23-,24+,25+,26+,27+,28-/m1/s1. The van der Waals surface area contributed by atoms with E-state index in [1.807, 2.05) is 0 Å². The molecule has 0 heterocycles. The van der Waals surface area contributed by atoms with Crippen molar-refractivity contribution in [2.45, 2.75) is 124 Å². The lowest BCUT2D eigenvalue weighted by Gasteiger charge is -2.62. The van der Waals surface area contributed by atoms with Gasteiger partial charge in [0.25, 0.3) is 0 Å². The molecule has 1 heteroatoms. The van der Waals surface area contributed by atoms with Crippen molar-refractivity contribution in [3.05, 3.63) is 0 Å². The van der Waals surface area contributed by atoms with Gasteiger partial charge in [-0.25, -0.2) is 0 Å². The molecular formula is C28H50O. The highest BCUT2D eigenvalue weighted by Crippen LogP contribution is 2.68. The van der Waals surface area contributed by atoms with Crippen LogP contribution in [0.3, 0.4) is 0 Å². The molecule has 0 radical (unpaired) electrons. The first kappa shape index (κ1) is 22.2. The minimum Gasteiger partial charge on any atom is -0.390 e. The molecule has 168 valence electrons. The number of rotatable bonds is 5. The van der Waals surface area contributed by atoms with Gasteiger partial charge in [-0.15, -0.1) is 0 Å². The summed E-state index contributed by atoms with van der Waals surface area (Å²) in [4.78, 5) is 0. The van der Waals surface area contributed by atoms with Gasteiger partial charge < -0.3 is 5.11 Å². The summed E-state index contributed by atoms with van der Waals surface area (Å²) < 4.78 is 0. The monoisotopic (exact) mass is 402 g/mol. The maximum absolute atomic E-state index is 10.7. The van der Waals surface area contributed by atoms with Crippen molar-refractivity contribution in [3.8, 4) is 0 Å². The average Bonchev–Trinajstić information content (AvgIpc) is 2.99. The summed E-state index contributed by atoms with van der Waals surface area (Å²) in [5.41, 5.74) is 0.722. The van der Waals surface area contributed by atoms with E-state index in [0.29, 0.717) is 10.8 Å². The Morgan fingerprint density at radius 1 is 0.793 bits per heavy atom. The quantitative estimate of drug-likeness (QED) is 0.496. The van der Waals surface area contributed by atoms with Gasteiger partial charge in [0.05, 0.1) is 5.60 Å². The van der Waals surface area contributed by atoms with Crippen LogP contribution in [0.15, 0.2) is 0 Å². The van der Waals surface area contributed by atoms with Crippen LogP contribution in [0.25, 0.3) is 0 Å². The van der Waals surface area contributed by atoms with Crippen LogP contribution in [0, 0.1) is 52.3 Å². The lowest BCUT2D eigenvalue weighted by Crippen LogP contribution is -2.55. The van der Waals surface area contributed by atoms with Gasteiger partial charge in [-0.05, 0) is 117 Å². The van der Waals surface area contributed by atoms with Crippen LogP contribution in [-0.2, 0) is 0 Å². The van der Waals surface area contributed by atoms with E-state index >= 15 is 0 Å². The normalized spacial score (nSPS) is 50.7. The molecule has 4 aliphatic rings. The van der Waals surface area contributed by atoms with E-state index in [1.54, 1.807) is 0 Å². The van der Waals surface area contributed by atoms with Gasteiger partial charge in [0, 0.05) is 0 Å². The molecule has 0 aromatic rings. The molecule has 4 saturated carbocycles. The van der Waals surface area contributed by atoms with Crippen molar-refractivity contribution in [2.24, 2.45) is 52.3 Å². The molecule has 4 rings (SSSR count). The predicted molar refractivity (Wildman–Crippen MR) is 124 cm³/mol. The Balaban J connectivity index is 1.46. The SMILES string of the molecule is CC(C)CCC[C@@H](C)[C@H]1CC[C@H]2[C@@H]3CC[C@@H]4C[C@@](C)(O)CC[C@]4(C)[C@H]3CC[C@]12C. The predicted octanol–water partition coefficient (Wildman–Crippen LogP) is 7.86. The summed E-state index contributed by atoms with van der Waals surface area (Å²) in [7, 11) is 0. The van der Waals surface area contributed by atoms with E-state index in [1.165, 1.54) is 64.2 Å². The second kappa shape index (κ2) is 7.83. The number of fused-ring (bicyclic) bond motifs is 5. The highest BCUT2D eigenvalue weighted by atomic mass is 16.3. The van der Waals surface area contributed by atoms with E-state index in [-0.39, 0.29) is 0 Å². The third kappa shape index (κ3) is 3.85. The first-order valence-electron chi connectivity index (χ1n) is 13.3. The van der Waals surface area contributed by atoms with Crippen LogP contribution in [0.4, 0.5) is 0 Å². The molecule has 0 aromatic heterocycles. The Hall–Kier alpha value is -0.0400. The molecule has 0 aliphatic heterocycles. The van der Waals surface area contributed by atoms with Gasteiger partial charge in [0.1, 0.15) is 0 Å². The third-order valence-corrected chi connectivity index (χ3v) is 11.2. The smallest absolute Gasteiger partial charge is 0.0622 e. The number of hydrogen-bond donors (Lipinski definition) is 1. The summed E-state index contributed by atoms with van der Waals surface area (Å²) in [6, 6.07) is 0. The zero-order valence-corrected chi connectivity index (χ0v) is 20.5. The lowest BCUT2D eigenvalue weighted by molar-refractivity contribution is -0.148. The van der Waals surface area contributed by atoms with Gasteiger partial charge in [-0.2, -0.15) is 0 Å². The molecule has 0 saturated heterocycles. The molecule has 29 heavy (non-hydrogen) atoms. The van der Waals surface area contributed by atoms with Crippen LogP contribution < -0.4 is 0 Å². The molecule has 0 amide bonds. The van der Waals surface area contributed by atoms with Crippen molar-refractivity contribution < 1.29 is 5.11 Å². The van der Waals surface area contributed by atoms with E-state index in [4.69, 9.17) is 0 Å². The Kier molecular flexibility index (Phi) is 5.98. The molecule has 0 aromatic carbocycles. The van der Waals surface area contributed by atoms with Crippen molar-refractivity contribution in [1.29, 1.82) is 0 Å². The van der Waals surface area contributed by atoms with Gasteiger partial charge in [0.15, 0.2) is 0 Å². The van der Waals surface area contributed by atoms with Gasteiger partial charge in [0.2, 0.25) is 0 Å².